The molecule has 158 valence electrons. The molecule has 2 nitrogen and oxygen atoms in total. The summed E-state index contributed by atoms with van der Waals surface area (Å²) in [5.41, 5.74) is 2.27. The predicted molar refractivity (Wildman–Crippen MR) is 132 cm³/mol. The van der Waals surface area contributed by atoms with Gasteiger partial charge in [0, 0.05) is 39.0 Å². The fraction of sp³-hybridized carbons (Fsp3) is 0.250. The quantitative estimate of drug-likeness (QED) is 0.247. The van der Waals surface area contributed by atoms with Crippen LogP contribution in [-0.4, -0.2) is 31.7 Å². The van der Waals surface area contributed by atoms with Gasteiger partial charge in [-0.3, -0.25) is 0 Å². The maximum Gasteiger partial charge on any atom is 0.104 e. The molecule has 0 unspecified atom stereocenters. The van der Waals surface area contributed by atoms with Crippen molar-refractivity contribution in [1.82, 2.24) is 0 Å². The summed E-state index contributed by atoms with van der Waals surface area (Å²) in [6.45, 7) is 2.82. The Balaban J connectivity index is 1.55. The highest BCUT2D eigenvalue weighted by molar-refractivity contribution is 7.99. The van der Waals surface area contributed by atoms with Gasteiger partial charge in [-0.2, -0.15) is 0 Å². The lowest BCUT2D eigenvalue weighted by atomic mass is 10.2. The first-order valence-corrected chi connectivity index (χ1v) is 11.8. The first-order chi connectivity index (χ1) is 14.3. The first kappa shape index (κ1) is 23.3. The summed E-state index contributed by atoms with van der Waals surface area (Å²) in [5, 5.41) is 5.52. The van der Waals surface area contributed by atoms with Gasteiger partial charge >= 0.3 is 0 Å². The van der Waals surface area contributed by atoms with Gasteiger partial charge in [-0.25, -0.2) is 0 Å². The van der Waals surface area contributed by atoms with E-state index in [0.29, 0.717) is 10.0 Å². The summed E-state index contributed by atoms with van der Waals surface area (Å²) < 4.78 is 0.876. The van der Waals surface area contributed by atoms with Crippen LogP contribution in [0.2, 0.25) is 15.1 Å². The minimum atomic E-state index is 0.598. The molecule has 3 aromatic rings. The second-order valence-electron chi connectivity index (χ2n) is 7.90. The van der Waals surface area contributed by atoms with Crippen molar-refractivity contribution in [3.8, 4) is 0 Å². The molecule has 0 aliphatic carbocycles. The molecule has 0 saturated heterocycles. The molecule has 0 aliphatic heterocycles. The number of benzene rings is 3. The highest BCUT2D eigenvalue weighted by atomic mass is 35.5. The van der Waals surface area contributed by atoms with Crippen LogP contribution in [0.1, 0.15) is 12.0 Å². The number of hydrogen-bond acceptors (Lipinski definition) is 2. The lowest BCUT2D eigenvalue weighted by Gasteiger charge is -2.30. The summed E-state index contributed by atoms with van der Waals surface area (Å²) in [5.74, 6) is 0. The third kappa shape index (κ3) is 7.11. The van der Waals surface area contributed by atoms with Crippen LogP contribution in [0.5, 0.6) is 0 Å². The van der Waals surface area contributed by atoms with Crippen molar-refractivity contribution in [2.75, 3.05) is 32.5 Å². The number of halogens is 3. The lowest BCUT2D eigenvalue weighted by Crippen LogP contribution is -2.40. The Hall–Kier alpha value is -1.36. The highest BCUT2D eigenvalue weighted by Gasteiger charge is 2.16. The van der Waals surface area contributed by atoms with E-state index in [0.717, 1.165) is 41.2 Å². The molecule has 0 atom stereocenters. The van der Waals surface area contributed by atoms with E-state index < -0.39 is 0 Å². The van der Waals surface area contributed by atoms with Crippen LogP contribution in [-0.2, 0) is 6.54 Å². The average Bonchev–Trinajstić information content (AvgIpc) is 2.70. The van der Waals surface area contributed by atoms with E-state index >= 15 is 0 Å². The Labute approximate surface area is 198 Å². The Bertz CT molecular complexity index is 977. The summed E-state index contributed by atoms with van der Waals surface area (Å²) in [6.07, 6.45) is 1.04. The maximum absolute atomic E-state index is 6.25. The van der Waals surface area contributed by atoms with Crippen molar-refractivity contribution in [1.29, 1.82) is 0 Å². The average molecular weight is 481 g/mol. The van der Waals surface area contributed by atoms with Gasteiger partial charge in [0.2, 0.25) is 0 Å². The van der Waals surface area contributed by atoms with Gasteiger partial charge in [-0.15, -0.1) is 0 Å². The van der Waals surface area contributed by atoms with Gasteiger partial charge in [0.05, 0.1) is 30.7 Å². The van der Waals surface area contributed by atoms with E-state index in [9.17, 15) is 0 Å². The fourth-order valence-corrected chi connectivity index (χ4v) is 4.70. The Morgan fingerprint density at radius 2 is 1.63 bits per heavy atom. The Kier molecular flexibility index (Phi) is 8.38. The van der Waals surface area contributed by atoms with Crippen LogP contribution in [0, 0.1) is 0 Å². The van der Waals surface area contributed by atoms with E-state index in [1.807, 2.05) is 36.4 Å². The van der Waals surface area contributed by atoms with Crippen molar-refractivity contribution in [3.63, 3.8) is 0 Å². The summed E-state index contributed by atoms with van der Waals surface area (Å²) in [4.78, 5) is 2.39. The normalized spacial score (nSPS) is 11.5. The van der Waals surface area contributed by atoms with Crippen LogP contribution in [0.25, 0.3) is 0 Å². The highest BCUT2D eigenvalue weighted by Crippen LogP contribution is 2.35. The predicted octanol–water partition coefficient (Wildman–Crippen LogP) is 7.88. The second kappa shape index (κ2) is 10.8. The topological polar surface area (TPSA) is 12.0 Å². The standard InChI is InChI=1S/C24H26Cl3N2S/c1-29(2,17-18-9-11-21(26)22(27)15-18)14-6-13-28-23-16-19(25)10-12-24(23)30-20-7-4-3-5-8-20/h3-5,7-12,15-16,28H,6,13-14,17H2,1-2H3/q+1. The molecule has 0 amide bonds. The molecular formula is C24H26Cl3N2S+. The number of nitrogens with one attached hydrogen (secondary N) is 1. The van der Waals surface area contributed by atoms with Gasteiger partial charge < -0.3 is 9.80 Å². The minimum Gasteiger partial charge on any atom is -0.384 e. The molecule has 3 rings (SSSR count). The number of anilines is 1. The molecule has 3 aromatic carbocycles. The fourth-order valence-electron chi connectivity index (χ4n) is 3.29. The van der Waals surface area contributed by atoms with E-state index in [4.69, 9.17) is 34.8 Å². The van der Waals surface area contributed by atoms with Crippen molar-refractivity contribution in [3.05, 3.63) is 87.4 Å². The molecule has 0 fully saturated rings. The monoisotopic (exact) mass is 479 g/mol. The van der Waals surface area contributed by atoms with Crippen LogP contribution in [0.15, 0.2) is 76.5 Å². The molecule has 0 bridgehead atoms. The molecule has 6 heteroatoms. The van der Waals surface area contributed by atoms with E-state index in [2.05, 4.69) is 49.7 Å². The van der Waals surface area contributed by atoms with Crippen molar-refractivity contribution >= 4 is 52.3 Å². The molecule has 1 N–H and O–H groups in total. The van der Waals surface area contributed by atoms with Gasteiger partial charge in [-0.1, -0.05) is 70.8 Å². The molecule has 0 heterocycles. The summed E-state index contributed by atoms with van der Waals surface area (Å²) in [6, 6.07) is 22.3. The molecular weight excluding hydrogens is 455 g/mol. The largest absolute Gasteiger partial charge is 0.384 e. The second-order valence-corrected chi connectivity index (χ2v) is 10.3. The number of quaternary nitrogens is 1. The number of hydrogen-bond donors (Lipinski definition) is 1. The van der Waals surface area contributed by atoms with Gasteiger partial charge in [-0.05, 0) is 42.5 Å². The molecule has 0 radical (unpaired) electrons. The lowest BCUT2D eigenvalue weighted by molar-refractivity contribution is -0.903. The SMILES string of the molecule is C[N+](C)(CCCNc1cc(Cl)ccc1Sc1ccccc1)Cc1ccc(Cl)c(Cl)c1. The van der Waals surface area contributed by atoms with Crippen LogP contribution < -0.4 is 5.32 Å². The zero-order chi connectivity index (χ0) is 21.6. The number of rotatable bonds is 9. The Morgan fingerprint density at radius 3 is 2.37 bits per heavy atom. The van der Waals surface area contributed by atoms with Crippen molar-refractivity contribution < 1.29 is 4.48 Å². The summed E-state index contributed by atoms with van der Waals surface area (Å²) in [7, 11) is 4.47. The van der Waals surface area contributed by atoms with Crippen molar-refractivity contribution in [2.24, 2.45) is 0 Å². The third-order valence-corrected chi connectivity index (χ3v) is 6.82. The first-order valence-electron chi connectivity index (χ1n) is 9.85. The van der Waals surface area contributed by atoms with E-state index in [1.54, 1.807) is 11.8 Å². The molecule has 0 aliphatic rings. The third-order valence-electron chi connectivity index (χ3n) is 4.76. The molecule has 0 saturated carbocycles. The smallest absolute Gasteiger partial charge is 0.104 e. The van der Waals surface area contributed by atoms with Crippen LogP contribution in [0.4, 0.5) is 5.69 Å². The molecule has 30 heavy (non-hydrogen) atoms. The van der Waals surface area contributed by atoms with Crippen LogP contribution in [0.3, 0.4) is 0 Å². The maximum atomic E-state index is 6.25. The van der Waals surface area contributed by atoms with Gasteiger partial charge in [0.1, 0.15) is 6.54 Å². The molecule has 0 spiro atoms. The molecule has 0 aromatic heterocycles. The van der Waals surface area contributed by atoms with E-state index in [1.165, 1.54) is 15.4 Å². The Morgan fingerprint density at radius 1 is 0.867 bits per heavy atom. The van der Waals surface area contributed by atoms with Gasteiger partial charge in [0.15, 0.2) is 0 Å². The van der Waals surface area contributed by atoms with Crippen molar-refractivity contribution in [2.45, 2.75) is 22.8 Å². The zero-order valence-corrected chi connectivity index (χ0v) is 20.3. The van der Waals surface area contributed by atoms with Crippen LogP contribution >= 0.6 is 46.6 Å². The summed E-state index contributed by atoms with van der Waals surface area (Å²) >= 11 is 20.2. The minimum absolute atomic E-state index is 0.598. The van der Waals surface area contributed by atoms with E-state index in [-0.39, 0.29) is 0 Å². The van der Waals surface area contributed by atoms with Gasteiger partial charge in [0.25, 0.3) is 0 Å². The number of nitrogens with zero attached hydrogens (tertiary/aromatic N) is 1. The zero-order valence-electron chi connectivity index (χ0n) is 17.2.